The van der Waals surface area contributed by atoms with Crippen LogP contribution in [0.15, 0.2) is 42.5 Å². The Hall–Kier alpha value is -2.36. The summed E-state index contributed by atoms with van der Waals surface area (Å²) in [6.45, 7) is 1.48. The molecule has 2 aliphatic heterocycles. The Morgan fingerprint density at radius 3 is 2.68 bits per heavy atom. The maximum Gasteiger partial charge on any atom is 0.226 e. The summed E-state index contributed by atoms with van der Waals surface area (Å²) < 4.78 is 0. The number of rotatable bonds is 2. The van der Waals surface area contributed by atoms with Crippen molar-refractivity contribution in [2.75, 3.05) is 20.1 Å². The summed E-state index contributed by atoms with van der Waals surface area (Å²) in [6, 6.07) is 14.9. The molecule has 4 heteroatoms. The third kappa shape index (κ3) is 2.90. The Kier molecular flexibility index (Phi) is 4.20. The van der Waals surface area contributed by atoms with Gasteiger partial charge in [-0.2, -0.15) is 0 Å². The van der Waals surface area contributed by atoms with E-state index < -0.39 is 0 Å². The number of carbonyl (C=O) groups is 2. The Morgan fingerprint density at radius 2 is 1.84 bits per heavy atom. The van der Waals surface area contributed by atoms with E-state index in [9.17, 15) is 9.59 Å². The zero-order valence-corrected chi connectivity index (χ0v) is 14.6. The molecular formula is C21H24N2O2. The first-order valence-electron chi connectivity index (χ1n) is 9.17. The van der Waals surface area contributed by atoms with E-state index in [4.69, 9.17) is 0 Å². The van der Waals surface area contributed by atoms with E-state index in [1.807, 2.05) is 18.0 Å². The van der Waals surface area contributed by atoms with Gasteiger partial charge in [-0.15, -0.1) is 0 Å². The Labute approximate surface area is 148 Å². The van der Waals surface area contributed by atoms with E-state index >= 15 is 0 Å². The number of likely N-dealkylation sites (tertiary alicyclic amines) is 2. The molecule has 0 bridgehead atoms. The van der Waals surface area contributed by atoms with Crippen molar-refractivity contribution >= 4 is 22.6 Å². The zero-order valence-electron chi connectivity index (χ0n) is 14.6. The van der Waals surface area contributed by atoms with Gasteiger partial charge in [-0.05, 0) is 35.6 Å². The number of fused-ring (bicyclic) bond motifs is 1. The van der Waals surface area contributed by atoms with Crippen LogP contribution in [0.1, 0.15) is 37.3 Å². The zero-order chi connectivity index (χ0) is 17.4. The van der Waals surface area contributed by atoms with E-state index in [-0.39, 0.29) is 23.8 Å². The minimum absolute atomic E-state index is 0.0884. The topological polar surface area (TPSA) is 40.6 Å². The van der Waals surface area contributed by atoms with Gasteiger partial charge in [0.15, 0.2) is 0 Å². The predicted octanol–water partition coefficient (Wildman–Crippen LogP) is 3.37. The van der Waals surface area contributed by atoms with E-state index in [1.54, 1.807) is 4.90 Å². The summed E-state index contributed by atoms with van der Waals surface area (Å²) in [5, 5.41) is 2.45. The second-order valence-corrected chi connectivity index (χ2v) is 7.26. The number of hydrogen-bond donors (Lipinski definition) is 0. The lowest BCUT2D eigenvalue weighted by Gasteiger charge is -2.33. The fourth-order valence-electron chi connectivity index (χ4n) is 4.28. The van der Waals surface area contributed by atoms with Crippen LogP contribution < -0.4 is 0 Å². The van der Waals surface area contributed by atoms with Crippen LogP contribution in [0.4, 0.5) is 0 Å². The Balaban J connectivity index is 1.62. The first-order chi connectivity index (χ1) is 12.1. The van der Waals surface area contributed by atoms with Crippen LogP contribution in [0.5, 0.6) is 0 Å². The first kappa shape index (κ1) is 16.1. The molecule has 130 valence electrons. The van der Waals surface area contributed by atoms with Gasteiger partial charge < -0.3 is 9.80 Å². The van der Waals surface area contributed by atoms with Crippen molar-refractivity contribution in [2.45, 2.75) is 31.7 Å². The molecule has 0 N–H and O–H groups in total. The number of benzene rings is 2. The van der Waals surface area contributed by atoms with Crippen molar-refractivity contribution in [2.24, 2.45) is 5.92 Å². The summed E-state index contributed by atoms with van der Waals surface area (Å²) >= 11 is 0. The average Bonchev–Trinajstić information content (AvgIpc) is 3.12. The molecular weight excluding hydrogens is 312 g/mol. The van der Waals surface area contributed by atoms with Gasteiger partial charge in [0.05, 0.1) is 6.04 Å². The molecule has 4 rings (SSSR count). The number of amides is 2. The molecule has 0 unspecified atom stereocenters. The quantitative estimate of drug-likeness (QED) is 0.844. The molecule has 2 fully saturated rings. The fourth-order valence-corrected chi connectivity index (χ4v) is 4.28. The molecule has 2 aliphatic rings. The van der Waals surface area contributed by atoms with Gasteiger partial charge in [0, 0.05) is 32.5 Å². The lowest BCUT2D eigenvalue weighted by molar-refractivity contribution is -0.145. The highest BCUT2D eigenvalue weighted by Gasteiger charge is 2.37. The summed E-state index contributed by atoms with van der Waals surface area (Å²) in [6.07, 6.45) is 3.16. The Morgan fingerprint density at radius 1 is 1.04 bits per heavy atom. The highest BCUT2D eigenvalue weighted by Crippen LogP contribution is 2.37. The van der Waals surface area contributed by atoms with Gasteiger partial charge in [-0.25, -0.2) is 0 Å². The highest BCUT2D eigenvalue weighted by atomic mass is 16.2. The summed E-state index contributed by atoms with van der Waals surface area (Å²) in [5.41, 5.74) is 1.24. The lowest BCUT2D eigenvalue weighted by atomic mass is 9.93. The van der Waals surface area contributed by atoms with Crippen LogP contribution in [0.25, 0.3) is 10.8 Å². The van der Waals surface area contributed by atoms with Crippen LogP contribution in [-0.4, -0.2) is 41.8 Å². The predicted molar refractivity (Wildman–Crippen MR) is 98.0 cm³/mol. The van der Waals surface area contributed by atoms with Crippen molar-refractivity contribution in [3.8, 4) is 0 Å². The number of nitrogens with zero attached hydrogens (tertiary/aromatic N) is 2. The van der Waals surface area contributed by atoms with Gasteiger partial charge in [0.1, 0.15) is 0 Å². The van der Waals surface area contributed by atoms with Gasteiger partial charge in [0.2, 0.25) is 11.8 Å². The maximum absolute atomic E-state index is 13.1. The molecule has 0 saturated carbocycles. The van der Waals surface area contributed by atoms with Crippen molar-refractivity contribution in [1.29, 1.82) is 0 Å². The standard InChI is InChI=1S/C21H24N2O2/c1-22-13-11-16(14-20(22)24)21(25)23-12-5-10-19(23)18-9-4-7-15-6-2-3-8-17(15)18/h2-4,6-9,16,19H,5,10-14H2,1H3/t16-,19-/m1/s1. The minimum atomic E-state index is -0.153. The molecule has 0 radical (unpaired) electrons. The smallest absolute Gasteiger partial charge is 0.226 e. The molecule has 0 aromatic heterocycles. The van der Waals surface area contributed by atoms with Crippen molar-refractivity contribution in [1.82, 2.24) is 9.80 Å². The molecule has 2 atom stereocenters. The normalized spacial score (nSPS) is 24.1. The molecule has 2 aromatic rings. The lowest BCUT2D eigenvalue weighted by Crippen LogP contribution is -2.43. The van der Waals surface area contributed by atoms with Crippen LogP contribution in [0, 0.1) is 5.92 Å². The van der Waals surface area contributed by atoms with Crippen LogP contribution in [-0.2, 0) is 9.59 Å². The monoisotopic (exact) mass is 336 g/mol. The van der Waals surface area contributed by atoms with Crippen molar-refractivity contribution < 1.29 is 9.59 Å². The Bertz CT molecular complexity index is 811. The third-order valence-electron chi connectivity index (χ3n) is 5.73. The van der Waals surface area contributed by atoms with E-state index in [1.165, 1.54) is 16.3 Å². The average molecular weight is 336 g/mol. The van der Waals surface area contributed by atoms with Crippen LogP contribution in [0.2, 0.25) is 0 Å². The number of piperidine rings is 1. The van der Waals surface area contributed by atoms with Gasteiger partial charge >= 0.3 is 0 Å². The molecule has 2 saturated heterocycles. The van der Waals surface area contributed by atoms with E-state index in [2.05, 4.69) is 36.4 Å². The molecule has 2 aromatic carbocycles. The first-order valence-corrected chi connectivity index (χ1v) is 9.17. The molecule has 2 heterocycles. The molecule has 2 amide bonds. The van der Waals surface area contributed by atoms with Gasteiger partial charge in [-0.3, -0.25) is 9.59 Å². The molecule has 0 aliphatic carbocycles. The SMILES string of the molecule is CN1CC[C@@H](C(=O)N2CCC[C@@H]2c2cccc3ccccc23)CC1=O. The van der Waals surface area contributed by atoms with Gasteiger partial charge in [-0.1, -0.05) is 42.5 Å². The van der Waals surface area contributed by atoms with Crippen LogP contribution in [0.3, 0.4) is 0 Å². The summed E-state index contributed by atoms with van der Waals surface area (Å²) in [7, 11) is 1.82. The number of hydrogen-bond acceptors (Lipinski definition) is 2. The molecule has 0 spiro atoms. The second-order valence-electron chi connectivity index (χ2n) is 7.26. The maximum atomic E-state index is 13.1. The second kappa shape index (κ2) is 6.51. The van der Waals surface area contributed by atoms with Crippen molar-refractivity contribution in [3.63, 3.8) is 0 Å². The molecule has 25 heavy (non-hydrogen) atoms. The number of carbonyl (C=O) groups excluding carboxylic acids is 2. The fraction of sp³-hybridized carbons (Fsp3) is 0.429. The highest BCUT2D eigenvalue weighted by molar-refractivity contribution is 5.89. The largest absolute Gasteiger partial charge is 0.346 e. The van der Waals surface area contributed by atoms with Crippen molar-refractivity contribution in [3.05, 3.63) is 48.0 Å². The summed E-state index contributed by atoms with van der Waals surface area (Å²) in [4.78, 5) is 28.9. The summed E-state index contributed by atoms with van der Waals surface area (Å²) in [5.74, 6) is 0.0988. The molecule has 4 nitrogen and oxygen atoms in total. The van der Waals surface area contributed by atoms with Gasteiger partial charge in [0.25, 0.3) is 0 Å². The van der Waals surface area contributed by atoms with E-state index in [0.29, 0.717) is 13.0 Å². The van der Waals surface area contributed by atoms with E-state index in [0.717, 1.165) is 25.8 Å². The third-order valence-corrected chi connectivity index (χ3v) is 5.73. The van der Waals surface area contributed by atoms with Crippen LogP contribution >= 0.6 is 0 Å². The minimum Gasteiger partial charge on any atom is -0.346 e.